The van der Waals surface area contributed by atoms with E-state index in [0.717, 1.165) is 31.1 Å². The van der Waals surface area contributed by atoms with E-state index >= 15 is 0 Å². The van der Waals surface area contributed by atoms with Crippen LogP contribution in [0, 0.1) is 6.92 Å². The summed E-state index contributed by atoms with van der Waals surface area (Å²) in [5.74, 6) is 0. The van der Waals surface area contributed by atoms with Crippen molar-refractivity contribution in [2.75, 3.05) is 20.1 Å². The molecule has 1 unspecified atom stereocenters. The van der Waals surface area contributed by atoms with Gasteiger partial charge in [0.25, 0.3) is 0 Å². The first-order chi connectivity index (χ1) is 10.2. The maximum absolute atomic E-state index is 4.53. The molecule has 2 rings (SSSR count). The lowest BCUT2D eigenvalue weighted by molar-refractivity contribution is 0.298. The van der Waals surface area contributed by atoms with Gasteiger partial charge >= 0.3 is 0 Å². The molecule has 0 bridgehead atoms. The molecule has 1 N–H and O–H groups in total. The number of rotatable bonds is 8. The first kappa shape index (κ1) is 16.1. The third-order valence-corrected chi connectivity index (χ3v) is 4.37. The van der Waals surface area contributed by atoms with Crippen LogP contribution in [0.4, 0.5) is 0 Å². The van der Waals surface area contributed by atoms with Crippen molar-refractivity contribution >= 4 is 11.3 Å². The Hall–Kier alpha value is -1.23. The summed E-state index contributed by atoms with van der Waals surface area (Å²) >= 11 is 1.73. The number of hydrogen-bond donors (Lipinski definition) is 1. The Kier molecular flexibility index (Phi) is 6.36. The van der Waals surface area contributed by atoms with Gasteiger partial charge in [-0.05, 0) is 32.5 Å². The lowest BCUT2D eigenvalue weighted by Crippen LogP contribution is -2.27. The lowest BCUT2D eigenvalue weighted by Gasteiger charge is -2.22. The summed E-state index contributed by atoms with van der Waals surface area (Å²) in [6, 6.07) is 11.1. The number of hydrogen-bond acceptors (Lipinski definition) is 4. The standard InChI is InChI=1S/C17H25N3S/c1-4-18-17(15-8-6-5-7-9-15)10-11-20(3)12-16-13-21-14(2)19-16/h5-9,13,17-18H,4,10-12H2,1-3H3. The highest BCUT2D eigenvalue weighted by atomic mass is 32.1. The summed E-state index contributed by atoms with van der Waals surface area (Å²) < 4.78 is 0. The van der Waals surface area contributed by atoms with Gasteiger partial charge in [-0.1, -0.05) is 37.3 Å². The Bertz CT molecular complexity index is 524. The summed E-state index contributed by atoms with van der Waals surface area (Å²) in [4.78, 5) is 6.88. The minimum Gasteiger partial charge on any atom is -0.310 e. The molecule has 1 heterocycles. The van der Waals surface area contributed by atoms with Crippen LogP contribution in [0.15, 0.2) is 35.7 Å². The average Bonchev–Trinajstić information content (AvgIpc) is 2.89. The Morgan fingerprint density at radius 3 is 2.67 bits per heavy atom. The third-order valence-electron chi connectivity index (χ3n) is 3.55. The van der Waals surface area contributed by atoms with Gasteiger partial charge in [-0.2, -0.15) is 0 Å². The molecule has 0 aliphatic carbocycles. The van der Waals surface area contributed by atoms with Gasteiger partial charge in [0, 0.05) is 24.5 Å². The summed E-state index contributed by atoms with van der Waals surface area (Å²) in [6.07, 6.45) is 1.11. The van der Waals surface area contributed by atoms with E-state index in [9.17, 15) is 0 Å². The van der Waals surface area contributed by atoms with Gasteiger partial charge in [0.05, 0.1) is 10.7 Å². The maximum atomic E-state index is 4.53. The van der Waals surface area contributed by atoms with Gasteiger partial charge in [-0.3, -0.25) is 0 Å². The second-order valence-electron chi connectivity index (χ2n) is 5.41. The molecule has 0 spiro atoms. The predicted molar refractivity (Wildman–Crippen MR) is 90.7 cm³/mol. The molecule has 0 aliphatic heterocycles. The summed E-state index contributed by atoms with van der Waals surface area (Å²) in [7, 11) is 2.17. The molecule has 1 aromatic heterocycles. The van der Waals surface area contributed by atoms with Crippen LogP contribution < -0.4 is 5.32 Å². The first-order valence-electron chi connectivity index (χ1n) is 7.57. The zero-order chi connectivity index (χ0) is 15.1. The molecule has 1 aromatic carbocycles. The largest absolute Gasteiger partial charge is 0.310 e. The highest BCUT2D eigenvalue weighted by Gasteiger charge is 2.11. The van der Waals surface area contributed by atoms with E-state index in [1.165, 1.54) is 11.3 Å². The molecule has 4 heteroatoms. The maximum Gasteiger partial charge on any atom is 0.0897 e. The molecule has 2 aromatic rings. The van der Waals surface area contributed by atoms with E-state index in [0.29, 0.717) is 6.04 Å². The molecule has 114 valence electrons. The fraction of sp³-hybridized carbons (Fsp3) is 0.471. The Labute approximate surface area is 132 Å². The average molecular weight is 303 g/mol. The number of nitrogens with zero attached hydrogens (tertiary/aromatic N) is 2. The van der Waals surface area contributed by atoms with Gasteiger partial charge < -0.3 is 10.2 Å². The van der Waals surface area contributed by atoms with Crippen LogP contribution in [0.25, 0.3) is 0 Å². The van der Waals surface area contributed by atoms with Crippen molar-refractivity contribution in [2.45, 2.75) is 32.9 Å². The number of aryl methyl sites for hydroxylation is 1. The number of benzene rings is 1. The van der Waals surface area contributed by atoms with Crippen LogP contribution >= 0.6 is 11.3 Å². The van der Waals surface area contributed by atoms with E-state index in [1.54, 1.807) is 11.3 Å². The van der Waals surface area contributed by atoms with Crippen molar-refractivity contribution in [3.63, 3.8) is 0 Å². The molecule has 1 atom stereocenters. The molecule has 21 heavy (non-hydrogen) atoms. The third kappa shape index (κ3) is 5.23. The van der Waals surface area contributed by atoms with Crippen molar-refractivity contribution in [1.82, 2.24) is 15.2 Å². The van der Waals surface area contributed by atoms with Crippen LogP contribution in [0.1, 0.15) is 35.7 Å². The summed E-state index contributed by atoms with van der Waals surface area (Å²) in [5.41, 5.74) is 2.55. The molecule has 0 fully saturated rings. The first-order valence-corrected chi connectivity index (χ1v) is 8.45. The molecule has 0 aliphatic rings. The van der Waals surface area contributed by atoms with Crippen LogP contribution in [-0.2, 0) is 6.54 Å². The summed E-state index contributed by atoms with van der Waals surface area (Å²) in [6.45, 7) is 7.21. The van der Waals surface area contributed by atoms with Gasteiger partial charge in [0.2, 0.25) is 0 Å². The fourth-order valence-corrected chi connectivity index (χ4v) is 3.11. The monoisotopic (exact) mass is 303 g/mol. The molecular weight excluding hydrogens is 278 g/mol. The molecule has 0 saturated heterocycles. The van der Waals surface area contributed by atoms with E-state index < -0.39 is 0 Å². The Balaban J connectivity index is 1.86. The SMILES string of the molecule is CCNC(CCN(C)Cc1csc(C)n1)c1ccccc1. The zero-order valence-electron chi connectivity index (χ0n) is 13.2. The predicted octanol–water partition coefficient (Wildman–Crippen LogP) is 3.62. The lowest BCUT2D eigenvalue weighted by atomic mass is 10.0. The van der Waals surface area contributed by atoms with Crippen LogP contribution in [0.3, 0.4) is 0 Å². The Morgan fingerprint density at radius 2 is 2.05 bits per heavy atom. The summed E-state index contributed by atoms with van der Waals surface area (Å²) in [5, 5.41) is 6.89. The van der Waals surface area contributed by atoms with E-state index in [4.69, 9.17) is 0 Å². The molecule has 0 radical (unpaired) electrons. The van der Waals surface area contributed by atoms with Crippen molar-refractivity contribution in [3.8, 4) is 0 Å². The normalized spacial score (nSPS) is 12.8. The quantitative estimate of drug-likeness (QED) is 0.807. The van der Waals surface area contributed by atoms with E-state index in [1.807, 2.05) is 0 Å². The molecule has 3 nitrogen and oxygen atoms in total. The highest BCUT2D eigenvalue weighted by Crippen LogP contribution is 2.17. The number of thiazole rings is 1. The smallest absolute Gasteiger partial charge is 0.0897 e. The van der Waals surface area contributed by atoms with Gasteiger partial charge in [-0.25, -0.2) is 4.98 Å². The van der Waals surface area contributed by atoms with Crippen molar-refractivity contribution in [1.29, 1.82) is 0 Å². The van der Waals surface area contributed by atoms with Gasteiger partial charge in [-0.15, -0.1) is 11.3 Å². The Morgan fingerprint density at radius 1 is 1.29 bits per heavy atom. The number of aromatic nitrogens is 1. The van der Waals surface area contributed by atoms with Crippen molar-refractivity contribution < 1.29 is 0 Å². The van der Waals surface area contributed by atoms with Crippen LogP contribution in [0.2, 0.25) is 0 Å². The van der Waals surface area contributed by atoms with Crippen molar-refractivity contribution in [2.24, 2.45) is 0 Å². The second kappa shape index (κ2) is 8.27. The van der Waals surface area contributed by atoms with Crippen LogP contribution in [0.5, 0.6) is 0 Å². The second-order valence-corrected chi connectivity index (χ2v) is 6.47. The zero-order valence-corrected chi connectivity index (χ0v) is 14.0. The molecular formula is C17H25N3S. The highest BCUT2D eigenvalue weighted by molar-refractivity contribution is 7.09. The van der Waals surface area contributed by atoms with Gasteiger partial charge in [0.1, 0.15) is 0 Å². The van der Waals surface area contributed by atoms with E-state index in [-0.39, 0.29) is 0 Å². The molecule has 0 amide bonds. The fourth-order valence-electron chi connectivity index (χ4n) is 2.50. The topological polar surface area (TPSA) is 28.2 Å². The van der Waals surface area contributed by atoms with E-state index in [2.05, 4.69) is 71.8 Å². The van der Waals surface area contributed by atoms with Crippen molar-refractivity contribution in [3.05, 3.63) is 52.0 Å². The minimum atomic E-state index is 0.427. The van der Waals surface area contributed by atoms with Crippen LogP contribution in [-0.4, -0.2) is 30.0 Å². The number of nitrogens with one attached hydrogen (secondary N) is 1. The molecule has 0 saturated carbocycles. The van der Waals surface area contributed by atoms with Gasteiger partial charge in [0.15, 0.2) is 0 Å². The minimum absolute atomic E-state index is 0.427.